The fourth-order valence-corrected chi connectivity index (χ4v) is 4.18. The van der Waals surface area contributed by atoms with E-state index in [0.717, 1.165) is 23.1 Å². The Balaban J connectivity index is 1.56. The number of carbonyl (C=O) groups excluding carboxylic acids is 1. The Morgan fingerprint density at radius 3 is 2.58 bits per heavy atom. The van der Waals surface area contributed by atoms with Crippen molar-refractivity contribution >= 4 is 40.8 Å². The van der Waals surface area contributed by atoms with Crippen molar-refractivity contribution in [1.29, 1.82) is 5.26 Å². The highest BCUT2D eigenvalue weighted by atomic mass is 35.5. The van der Waals surface area contributed by atoms with Crippen LogP contribution in [0.15, 0.2) is 70.7 Å². The van der Waals surface area contributed by atoms with Gasteiger partial charge in [0.15, 0.2) is 5.78 Å². The second-order valence-corrected chi connectivity index (χ2v) is 8.63. The molecule has 4 rings (SSSR count). The van der Waals surface area contributed by atoms with Crippen LogP contribution in [0.2, 0.25) is 10.0 Å². The van der Waals surface area contributed by atoms with Crippen molar-refractivity contribution in [3.05, 3.63) is 98.0 Å². The van der Waals surface area contributed by atoms with Crippen LogP contribution in [0.5, 0.6) is 0 Å². The number of halogens is 2. The molecule has 0 amide bonds. The first kappa shape index (κ1) is 22.7. The van der Waals surface area contributed by atoms with E-state index in [1.165, 1.54) is 16.8 Å². The first-order chi connectivity index (χ1) is 15.9. The van der Waals surface area contributed by atoms with Crippen LogP contribution in [0.1, 0.15) is 36.1 Å². The number of nitrogens with zero attached hydrogens (tertiary/aromatic N) is 3. The highest BCUT2D eigenvalue weighted by Crippen LogP contribution is 2.32. The molecule has 33 heavy (non-hydrogen) atoms. The van der Waals surface area contributed by atoms with Gasteiger partial charge in [0.05, 0.1) is 22.7 Å². The quantitative estimate of drug-likeness (QED) is 0.446. The number of aliphatic imine (C=N–C) groups is 1. The van der Waals surface area contributed by atoms with E-state index in [1.54, 1.807) is 25.1 Å². The molecule has 164 valence electrons. The van der Waals surface area contributed by atoms with Crippen molar-refractivity contribution in [1.82, 2.24) is 4.57 Å². The van der Waals surface area contributed by atoms with E-state index in [-0.39, 0.29) is 22.8 Å². The van der Waals surface area contributed by atoms with Gasteiger partial charge in [0, 0.05) is 53.7 Å². The normalized spacial score (nSPS) is 13.5. The highest BCUT2D eigenvalue weighted by Gasteiger charge is 2.19. The zero-order valence-electron chi connectivity index (χ0n) is 17.8. The van der Waals surface area contributed by atoms with Crippen molar-refractivity contribution in [3.63, 3.8) is 0 Å². The summed E-state index contributed by atoms with van der Waals surface area (Å²) >= 11 is 12.5. The van der Waals surface area contributed by atoms with Crippen LogP contribution >= 0.6 is 23.2 Å². The number of ketones is 1. The van der Waals surface area contributed by atoms with Crippen molar-refractivity contribution in [2.75, 3.05) is 0 Å². The fraction of sp³-hybridized carbons (Fsp3) is 0.154. The maximum absolute atomic E-state index is 12.9. The number of nitriles is 1. The zero-order valence-corrected chi connectivity index (χ0v) is 19.3. The zero-order chi connectivity index (χ0) is 23.5. The highest BCUT2D eigenvalue weighted by molar-refractivity contribution is 6.33. The molecule has 5 nitrogen and oxygen atoms in total. The van der Waals surface area contributed by atoms with Crippen LogP contribution in [0.25, 0.3) is 16.7 Å². The summed E-state index contributed by atoms with van der Waals surface area (Å²) in [6.07, 6.45) is 6.14. The number of carbonyl (C=O) groups is 1. The van der Waals surface area contributed by atoms with E-state index < -0.39 is 6.04 Å². The van der Waals surface area contributed by atoms with Crippen LogP contribution < -0.4 is 5.56 Å². The van der Waals surface area contributed by atoms with E-state index in [2.05, 4.69) is 11.1 Å². The first-order valence-corrected chi connectivity index (χ1v) is 11.1. The van der Waals surface area contributed by atoms with Gasteiger partial charge >= 0.3 is 0 Å². The molecule has 0 fully saturated rings. The second-order valence-electron chi connectivity index (χ2n) is 7.79. The molecule has 1 aliphatic rings. The Morgan fingerprint density at radius 2 is 1.91 bits per heavy atom. The lowest BCUT2D eigenvalue weighted by Gasteiger charge is -2.16. The van der Waals surface area contributed by atoms with Gasteiger partial charge in [-0.2, -0.15) is 5.26 Å². The number of Topliss-reactive ketones (excluding diaryl/α,β-unsaturated/α-hetero) is 1. The van der Waals surface area contributed by atoms with E-state index in [4.69, 9.17) is 23.2 Å². The summed E-state index contributed by atoms with van der Waals surface area (Å²) in [4.78, 5) is 29.9. The monoisotopic (exact) mass is 475 g/mol. The van der Waals surface area contributed by atoms with Crippen LogP contribution in [0.3, 0.4) is 0 Å². The van der Waals surface area contributed by atoms with Crippen molar-refractivity contribution in [2.45, 2.75) is 25.8 Å². The average molecular weight is 476 g/mol. The lowest BCUT2D eigenvalue weighted by molar-refractivity contribution is -0.121. The molecule has 7 heteroatoms. The summed E-state index contributed by atoms with van der Waals surface area (Å²) in [6, 6.07) is 15.3. The Bertz CT molecular complexity index is 1400. The Morgan fingerprint density at radius 1 is 1.15 bits per heavy atom. The molecule has 0 radical (unpaired) electrons. The molecular weight excluding hydrogens is 457 g/mol. The van der Waals surface area contributed by atoms with Gasteiger partial charge in [-0.1, -0.05) is 47.5 Å². The molecule has 1 atom stereocenters. The number of allylic oxidation sites excluding steroid dienone is 1. The van der Waals surface area contributed by atoms with Gasteiger partial charge in [0.1, 0.15) is 0 Å². The van der Waals surface area contributed by atoms with Crippen LogP contribution in [0.4, 0.5) is 0 Å². The van der Waals surface area contributed by atoms with Gasteiger partial charge in [-0.3, -0.25) is 14.6 Å². The molecule has 1 unspecified atom stereocenters. The largest absolute Gasteiger partial charge is 0.304 e. The topological polar surface area (TPSA) is 75.2 Å². The number of hydrogen-bond donors (Lipinski definition) is 0. The van der Waals surface area contributed by atoms with E-state index in [1.807, 2.05) is 36.7 Å². The number of pyridine rings is 1. The summed E-state index contributed by atoms with van der Waals surface area (Å²) in [5.74, 6) is -0.113. The van der Waals surface area contributed by atoms with Gasteiger partial charge in [-0.25, -0.2) is 0 Å². The minimum absolute atomic E-state index is 0.113. The average Bonchev–Trinajstić information content (AvgIpc) is 3.35. The third-order valence-electron chi connectivity index (χ3n) is 5.66. The number of aromatic nitrogens is 1. The molecular formula is C26H19Cl2N3O2. The standard InChI is InChI=1S/C26H19Cl2N3O2/c1-16(25(32)10-17-2-4-18(5-3-17)20-8-9-30-14-20)31-15-24(28)23(12-26(31)33)22-11-21(27)7-6-19(22)13-29/h2-7,9,11-12,14-16H,8,10H2,1H3. The molecule has 1 aromatic heterocycles. The Labute approximate surface area is 201 Å². The molecule has 1 aliphatic heterocycles. The molecule has 0 bridgehead atoms. The summed E-state index contributed by atoms with van der Waals surface area (Å²) in [5, 5.41) is 10.1. The van der Waals surface area contributed by atoms with Crippen molar-refractivity contribution < 1.29 is 4.79 Å². The molecule has 3 aromatic rings. The molecule has 0 saturated carbocycles. The van der Waals surface area contributed by atoms with Crippen LogP contribution in [-0.4, -0.2) is 16.6 Å². The number of rotatable bonds is 6. The van der Waals surface area contributed by atoms with Crippen molar-refractivity contribution in [3.8, 4) is 17.2 Å². The number of hydrogen-bond acceptors (Lipinski definition) is 4. The van der Waals surface area contributed by atoms with Gasteiger partial charge in [0.25, 0.3) is 5.56 Å². The van der Waals surface area contributed by atoms with Gasteiger partial charge in [0.2, 0.25) is 0 Å². The third kappa shape index (κ3) is 4.83. The van der Waals surface area contributed by atoms with E-state index >= 15 is 0 Å². The predicted molar refractivity (Wildman–Crippen MR) is 132 cm³/mol. The summed E-state index contributed by atoms with van der Waals surface area (Å²) in [6.45, 7) is 1.68. The first-order valence-electron chi connectivity index (χ1n) is 10.3. The summed E-state index contributed by atoms with van der Waals surface area (Å²) < 4.78 is 1.32. The van der Waals surface area contributed by atoms with Crippen LogP contribution in [0, 0.1) is 11.3 Å². The van der Waals surface area contributed by atoms with Gasteiger partial charge in [-0.05, 0) is 41.8 Å². The maximum atomic E-state index is 12.9. The SMILES string of the molecule is CC(C(=O)Cc1ccc(C2=CN=CC2)cc1)n1cc(Cl)c(-c2cc(Cl)ccc2C#N)cc1=O. The van der Waals surface area contributed by atoms with E-state index in [0.29, 0.717) is 21.7 Å². The summed E-state index contributed by atoms with van der Waals surface area (Å²) in [5.41, 5.74) is 3.92. The molecule has 0 spiro atoms. The third-order valence-corrected chi connectivity index (χ3v) is 6.19. The predicted octanol–water partition coefficient (Wildman–Crippen LogP) is 5.88. The maximum Gasteiger partial charge on any atom is 0.251 e. The lowest BCUT2D eigenvalue weighted by atomic mass is 9.99. The lowest BCUT2D eigenvalue weighted by Crippen LogP contribution is -2.28. The summed E-state index contributed by atoms with van der Waals surface area (Å²) in [7, 11) is 0. The molecule has 0 saturated heterocycles. The van der Waals surface area contributed by atoms with Gasteiger partial charge < -0.3 is 4.57 Å². The minimum atomic E-state index is -0.704. The smallest absolute Gasteiger partial charge is 0.251 e. The molecule has 2 aromatic carbocycles. The second kappa shape index (κ2) is 9.58. The van der Waals surface area contributed by atoms with Gasteiger partial charge in [-0.15, -0.1) is 0 Å². The molecule has 2 heterocycles. The number of benzene rings is 2. The molecule has 0 N–H and O–H groups in total. The fourth-order valence-electron chi connectivity index (χ4n) is 3.75. The Hall–Kier alpha value is -3.46. The molecule has 0 aliphatic carbocycles. The minimum Gasteiger partial charge on any atom is -0.304 e. The van der Waals surface area contributed by atoms with Crippen molar-refractivity contribution in [2.24, 2.45) is 4.99 Å². The van der Waals surface area contributed by atoms with Crippen LogP contribution in [-0.2, 0) is 11.2 Å². The Kier molecular flexibility index (Phi) is 6.60. The van der Waals surface area contributed by atoms with E-state index in [9.17, 15) is 14.9 Å².